The molecule has 1 heterocycles. The molecule has 0 amide bonds. The average Bonchev–Trinajstić information content (AvgIpc) is 2.44. The molecule has 0 aliphatic carbocycles. The molecule has 0 atom stereocenters. The van der Waals surface area contributed by atoms with Crippen molar-refractivity contribution in [2.45, 2.75) is 32.6 Å². The normalized spacial score (nSPS) is 18.0. The van der Waals surface area contributed by atoms with Gasteiger partial charge in [-0.05, 0) is 72.3 Å². The molecule has 0 bridgehead atoms. The van der Waals surface area contributed by atoms with Crippen molar-refractivity contribution in [2.75, 3.05) is 66.6 Å². The second-order valence-corrected chi connectivity index (χ2v) is 6.16. The third-order valence-electron chi connectivity index (χ3n) is 4.17. The van der Waals surface area contributed by atoms with E-state index >= 15 is 0 Å². The molecular weight excluding hydrogens is 250 g/mol. The number of hydrogen-bond acceptors (Lipinski definition) is 4. The van der Waals surface area contributed by atoms with Crippen LogP contribution < -0.4 is 5.32 Å². The van der Waals surface area contributed by atoms with Crippen LogP contribution in [0.2, 0.25) is 0 Å². The van der Waals surface area contributed by atoms with Crippen LogP contribution in [0.5, 0.6) is 0 Å². The van der Waals surface area contributed by atoms with Crippen LogP contribution in [0.3, 0.4) is 0 Å². The largest absolute Gasteiger partial charge is 0.382 e. The van der Waals surface area contributed by atoms with E-state index in [2.05, 4.69) is 36.1 Å². The summed E-state index contributed by atoms with van der Waals surface area (Å²) in [5, 5.41) is 3.53. The van der Waals surface area contributed by atoms with E-state index in [-0.39, 0.29) is 0 Å². The highest BCUT2D eigenvalue weighted by Gasteiger charge is 2.17. The Bertz CT molecular complexity index is 218. The first-order chi connectivity index (χ1) is 9.72. The predicted octanol–water partition coefficient (Wildman–Crippen LogP) is 1.67. The first-order valence-corrected chi connectivity index (χ1v) is 8.38. The third-order valence-corrected chi connectivity index (χ3v) is 4.17. The standard InChI is InChI=1S/C16H35N3O/c1-4-20-14-6-5-9-17-10-13-19(3)15-16-7-11-18(2)12-8-16/h16-17H,4-15H2,1-3H3. The van der Waals surface area contributed by atoms with Crippen LogP contribution in [0.15, 0.2) is 0 Å². The Morgan fingerprint density at radius 1 is 1.20 bits per heavy atom. The van der Waals surface area contributed by atoms with Crippen molar-refractivity contribution in [1.82, 2.24) is 15.1 Å². The lowest BCUT2D eigenvalue weighted by Crippen LogP contribution is -2.38. The van der Waals surface area contributed by atoms with Crippen LogP contribution in [0.25, 0.3) is 0 Å². The maximum absolute atomic E-state index is 5.33. The summed E-state index contributed by atoms with van der Waals surface area (Å²) in [6.07, 6.45) is 5.13. The van der Waals surface area contributed by atoms with Gasteiger partial charge < -0.3 is 19.9 Å². The average molecular weight is 285 g/mol. The van der Waals surface area contributed by atoms with Gasteiger partial charge in [-0.1, -0.05) is 0 Å². The van der Waals surface area contributed by atoms with Crippen molar-refractivity contribution in [1.29, 1.82) is 0 Å². The van der Waals surface area contributed by atoms with E-state index in [0.717, 1.165) is 38.8 Å². The van der Waals surface area contributed by atoms with E-state index in [1.165, 1.54) is 45.3 Å². The van der Waals surface area contributed by atoms with Crippen molar-refractivity contribution in [2.24, 2.45) is 5.92 Å². The molecule has 0 aromatic rings. The van der Waals surface area contributed by atoms with Crippen LogP contribution in [-0.2, 0) is 4.74 Å². The number of piperidine rings is 1. The number of nitrogens with one attached hydrogen (secondary N) is 1. The minimum absolute atomic E-state index is 0.842. The van der Waals surface area contributed by atoms with Gasteiger partial charge in [-0.15, -0.1) is 0 Å². The van der Waals surface area contributed by atoms with E-state index in [1.807, 2.05) is 0 Å². The molecule has 1 aliphatic rings. The van der Waals surface area contributed by atoms with E-state index in [4.69, 9.17) is 4.74 Å². The monoisotopic (exact) mass is 285 g/mol. The quantitative estimate of drug-likeness (QED) is 0.584. The smallest absolute Gasteiger partial charge is 0.0466 e. The van der Waals surface area contributed by atoms with Gasteiger partial charge in [-0.2, -0.15) is 0 Å². The molecule has 1 saturated heterocycles. The Balaban J connectivity index is 1.88. The number of likely N-dealkylation sites (tertiary alicyclic amines) is 1. The molecule has 1 N–H and O–H groups in total. The summed E-state index contributed by atoms with van der Waals surface area (Å²) in [4.78, 5) is 4.93. The SMILES string of the molecule is CCOCCCCNCCN(C)CC1CCN(C)CC1. The van der Waals surface area contributed by atoms with E-state index in [0.29, 0.717) is 0 Å². The molecule has 0 radical (unpaired) electrons. The zero-order valence-electron chi connectivity index (χ0n) is 13.9. The van der Waals surface area contributed by atoms with Crippen LogP contribution in [-0.4, -0.2) is 76.4 Å². The summed E-state index contributed by atoms with van der Waals surface area (Å²) in [5.74, 6) is 0.905. The molecule has 0 saturated carbocycles. The molecule has 1 fully saturated rings. The van der Waals surface area contributed by atoms with Gasteiger partial charge >= 0.3 is 0 Å². The predicted molar refractivity (Wildman–Crippen MR) is 86.3 cm³/mol. The minimum Gasteiger partial charge on any atom is -0.382 e. The lowest BCUT2D eigenvalue weighted by molar-refractivity contribution is 0.143. The topological polar surface area (TPSA) is 27.7 Å². The van der Waals surface area contributed by atoms with Crippen LogP contribution in [0.4, 0.5) is 0 Å². The van der Waals surface area contributed by atoms with Gasteiger partial charge in [-0.25, -0.2) is 0 Å². The molecule has 20 heavy (non-hydrogen) atoms. The zero-order valence-corrected chi connectivity index (χ0v) is 13.9. The van der Waals surface area contributed by atoms with Gasteiger partial charge in [0.25, 0.3) is 0 Å². The lowest BCUT2D eigenvalue weighted by Gasteiger charge is -2.31. The zero-order chi connectivity index (χ0) is 14.6. The molecule has 0 unspecified atom stereocenters. The van der Waals surface area contributed by atoms with Crippen molar-refractivity contribution in [3.05, 3.63) is 0 Å². The maximum atomic E-state index is 5.33. The molecule has 0 spiro atoms. The summed E-state index contributed by atoms with van der Waals surface area (Å²) in [6.45, 7) is 11.0. The first kappa shape index (κ1) is 17.9. The highest BCUT2D eigenvalue weighted by molar-refractivity contribution is 4.72. The molecule has 4 heteroatoms. The summed E-state index contributed by atoms with van der Waals surface area (Å²) in [7, 11) is 4.49. The molecule has 1 aliphatic heterocycles. The Kier molecular flexibility index (Phi) is 10.3. The number of ether oxygens (including phenoxy) is 1. The Morgan fingerprint density at radius 2 is 1.95 bits per heavy atom. The number of rotatable bonds is 11. The van der Waals surface area contributed by atoms with Gasteiger partial charge in [0.2, 0.25) is 0 Å². The number of unbranched alkanes of at least 4 members (excludes halogenated alkanes) is 1. The van der Waals surface area contributed by atoms with Crippen LogP contribution >= 0.6 is 0 Å². The van der Waals surface area contributed by atoms with Crippen molar-refractivity contribution < 1.29 is 4.74 Å². The summed E-state index contributed by atoms with van der Waals surface area (Å²) < 4.78 is 5.33. The summed E-state index contributed by atoms with van der Waals surface area (Å²) >= 11 is 0. The minimum atomic E-state index is 0.842. The molecule has 0 aromatic heterocycles. The highest BCUT2D eigenvalue weighted by Crippen LogP contribution is 2.16. The number of likely N-dealkylation sites (N-methyl/N-ethyl adjacent to an activating group) is 1. The van der Waals surface area contributed by atoms with Crippen molar-refractivity contribution in [3.63, 3.8) is 0 Å². The van der Waals surface area contributed by atoms with Gasteiger partial charge in [0, 0.05) is 32.8 Å². The maximum Gasteiger partial charge on any atom is 0.0466 e. The molecule has 0 aromatic carbocycles. The highest BCUT2D eigenvalue weighted by atomic mass is 16.5. The van der Waals surface area contributed by atoms with Crippen LogP contribution in [0.1, 0.15) is 32.6 Å². The lowest BCUT2D eigenvalue weighted by atomic mass is 9.97. The molecular formula is C16H35N3O. The van der Waals surface area contributed by atoms with Crippen molar-refractivity contribution in [3.8, 4) is 0 Å². The molecule has 4 nitrogen and oxygen atoms in total. The van der Waals surface area contributed by atoms with Gasteiger partial charge in [-0.3, -0.25) is 0 Å². The van der Waals surface area contributed by atoms with E-state index in [1.54, 1.807) is 0 Å². The van der Waals surface area contributed by atoms with Gasteiger partial charge in [0.05, 0.1) is 0 Å². The van der Waals surface area contributed by atoms with E-state index < -0.39 is 0 Å². The fourth-order valence-electron chi connectivity index (χ4n) is 2.77. The second-order valence-electron chi connectivity index (χ2n) is 6.16. The van der Waals surface area contributed by atoms with Crippen LogP contribution in [0, 0.1) is 5.92 Å². The number of nitrogens with zero attached hydrogens (tertiary/aromatic N) is 2. The van der Waals surface area contributed by atoms with Gasteiger partial charge in [0.1, 0.15) is 0 Å². The fourth-order valence-corrected chi connectivity index (χ4v) is 2.77. The Labute approximate surface area is 125 Å². The van der Waals surface area contributed by atoms with E-state index in [9.17, 15) is 0 Å². The van der Waals surface area contributed by atoms with Crippen molar-refractivity contribution >= 4 is 0 Å². The summed E-state index contributed by atoms with van der Waals surface area (Å²) in [6, 6.07) is 0. The van der Waals surface area contributed by atoms with Gasteiger partial charge in [0.15, 0.2) is 0 Å². The Hall–Kier alpha value is -0.160. The third kappa shape index (κ3) is 8.90. The Morgan fingerprint density at radius 3 is 2.65 bits per heavy atom. The molecule has 120 valence electrons. The first-order valence-electron chi connectivity index (χ1n) is 8.38. The molecule has 1 rings (SSSR count). The number of hydrogen-bond donors (Lipinski definition) is 1. The fraction of sp³-hybridized carbons (Fsp3) is 1.00. The second kappa shape index (κ2) is 11.5. The summed E-state index contributed by atoms with van der Waals surface area (Å²) in [5.41, 5.74) is 0.